The van der Waals surface area contributed by atoms with Gasteiger partial charge in [0.25, 0.3) is 5.91 Å². The van der Waals surface area contributed by atoms with Gasteiger partial charge in [0.2, 0.25) is 10.0 Å². The Hall–Kier alpha value is -3.52. The van der Waals surface area contributed by atoms with Crippen LogP contribution in [0.1, 0.15) is 34.3 Å². The number of hydrogen-bond acceptors (Lipinski definition) is 5. The molecule has 3 aromatic carbocycles. The van der Waals surface area contributed by atoms with Crippen LogP contribution in [0.3, 0.4) is 0 Å². The topological polar surface area (TPSA) is 84.9 Å². The van der Waals surface area contributed by atoms with Crippen molar-refractivity contribution in [1.82, 2.24) is 5.32 Å². The molecule has 1 amide bonds. The van der Waals surface area contributed by atoms with Gasteiger partial charge in [-0.2, -0.15) is 0 Å². The number of methoxy groups -OCH3 is 2. The number of carbonyl (C=O) groups is 1. The Morgan fingerprint density at radius 3 is 2.24 bits per heavy atom. The molecule has 1 N–H and O–H groups in total. The van der Waals surface area contributed by atoms with E-state index in [0.29, 0.717) is 29.3 Å². The summed E-state index contributed by atoms with van der Waals surface area (Å²) in [7, 11) is -0.628. The molecule has 0 saturated carbocycles. The average molecular weight is 483 g/mol. The van der Waals surface area contributed by atoms with Crippen molar-refractivity contribution in [2.45, 2.75) is 19.4 Å². The van der Waals surface area contributed by atoms with Crippen molar-refractivity contribution in [3.63, 3.8) is 0 Å². The first-order valence-electron chi connectivity index (χ1n) is 10.8. The normalized spacial score (nSPS) is 12.0. The molecule has 0 bridgehead atoms. The van der Waals surface area contributed by atoms with Gasteiger partial charge in [0.1, 0.15) is 11.5 Å². The number of anilines is 1. The summed E-state index contributed by atoms with van der Waals surface area (Å²) in [5.74, 6) is 0.935. The molecule has 0 aliphatic rings. The average Bonchev–Trinajstić information content (AvgIpc) is 2.85. The number of rotatable bonds is 10. The Labute approximate surface area is 201 Å². The summed E-state index contributed by atoms with van der Waals surface area (Å²) in [4.78, 5) is 12.6. The van der Waals surface area contributed by atoms with Gasteiger partial charge in [-0.1, -0.05) is 49.4 Å². The maximum absolute atomic E-state index is 12.6. The lowest BCUT2D eigenvalue weighted by Gasteiger charge is -2.25. The second kappa shape index (κ2) is 11.1. The first kappa shape index (κ1) is 25.1. The second-order valence-corrected chi connectivity index (χ2v) is 9.93. The standard InChI is InChI=1S/C26H30N2O5S/c1-19(21-8-6-5-7-9-21)17-27-26(29)22-12-10-20(11-13-22)18-28(34(4,30)31)24-16-23(32-2)14-15-25(24)33-3/h5-16,19H,17-18H2,1-4H3,(H,27,29)/t19-/m0/s1. The van der Waals surface area contributed by atoms with Crippen LogP contribution in [0, 0.1) is 0 Å². The van der Waals surface area contributed by atoms with E-state index in [1.165, 1.54) is 18.5 Å². The van der Waals surface area contributed by atoms with Crippen molar-refractivity contribution in [2.24, 2.45) is 0 Å². The smallest absolute Gasteiger partial charge is 0.251 e. The summed E-state index contributed by atoms with van der Waals surface area (Å²) < 4.78 is 37.1. The maximum atomic E-state index is 12.6. The highest BCUT2D eigenvalue weighted by molar-refractivity contribution is 7.92. The van der Waals surface area contributed by atoms with Gasteiger partial charge < -0.3 is 14.8 Å². The predicted molar refractivity (Wildman–Crippen MR) is 134 cm³/mol. The number of sulfonamides is 1. The highest BCUT2D eigenvalue weighted by Gasteiger charge is 2.22. The van der Waals surface area contributed by atoms with E-state index < -0.39 is 10.0 Å². The summed E-state index contributed by atoms with van der Waals surface area (Å²) in [6, 6.07) is 21.9. The highest BCUT2D eigenvalue weighted by Crippen LogP contribution is 2.34. The lowest BCUT2D eigenvalue weighted by molar-refractivity contribution is 0.0951. The van der Waals surface area contributed by atoms with Crippen molar-refractivity contribution < 1.29 is 22.7 Å². The minimum Gasteiger partial charge on any atom is -0.497 e. The molecule has 0 aliphatic carbocycles. The lowest BCUT2D eigenvalue weighted by Crippen LogP contribution is -2.30. The van der Waals surface area contributed by atoms with Crippen LogP contribution in [0.25, 0.3) is 0 Å². The first-order chi connectivity index (χ1) is 16.2. The van der Waals surface area contributed by atoms with Gasteiger partial charge in [-0.3, -0.25) is 9.10 Å². The van der Waals surface area contributed by atoms with Crippen LogP contribution in [0.2, 0.25) is 0 Å². The maximum Gasteiger partial charge on any atom is 0.251 e. The minimum absolute atomic E-state index is 0.0787. The number of amides is 1. The molecule has 34 heavy (non-hydrogen) atoms. The van der Waals surface area contributed by atoms with Crippen molar-refractivity contribution in [3.8, 4) is 11.5 Å². The van der Waals surface area contributed by atoms with E-state index in [1.807, 2.05) is 30.3 Å². The molecule has 3 rings (SSSR count). The Morgan fingerprint density at radius 1 is 0.971 bits per heavy atom. The SMILES string of the molecule is COc1ccc(OC)c(N(Cc2ccc(C(=O)NC[C@H](C)c3ccccc3)cc2)S(C)(=O)=O)c1. The number of ether oxygens (including phenoxy) is 2. The Bertz CT molecular complexity index is 1210. The van der Waals surface area contributed by atoms with Crippen molar-refractivity contribution in [1.29, 1.82) is 0 Å². The van der Waals surface area contributed by atoms with Crippen molar-refractivity contribution in [2.75, 3.05) is 31.3 Å². The van der Waals surface area contributed by atoms with Gasteiger partial charge >= 0.3 is 0 Å². The van der Waals surface area contributed by atoms with Gasteiger partial charge in [0.05, 0.1) is 32.7 Å². The molecule has 8 heteroatoms. The van der Waals surface area contributed by atoms with E-state index in [0.717, 1.165) is 17.4 Å². The van der Waals surface area contributed by atoms with Crippen LogP contribution in [-0.2, 0) is 16.6 Å². The summed E-state index contributed by atoms with van der Waals surface area (Å²) >= 11 is 0. The third-order valence-electron chi connectivity index (χ3n) is 5.53. The van der Waals surface area contributed by atoms with Crippen LogP contribution in [0.15, 0.2) is 72.8 Å². The largest absolute Gasteiger partial charge is 0.497 e. The molecule has 3 aromatic rings. The third kappa shape index (κ3) is 6.29. The second-order valence-electron chi connectivity index (χ2n) is 8.03. The Kier molecular flexibility index (Phi) is 8.17. The molecule has 1 atom stereocenters. The first-order valence-corrected chi connectivity index (χ1v) is 12.7. The summed E-state index contributed by atoms with van der Waals surface area (Å²) in [6.45, 7) is 2.66. The van der Waals surface area contributed by atoms with Gasteiger partial charge in [-0.25, -0.2) is 8.42 Å². The van der Waals surface area contributed by atoms with E-state index in [9.17, 15) is 13.2 Å². The van der Waals surface area contributed by atoms with Crippen LogP contribution < -0.4 is 19.1 Å². The van der Waals surface area contributed by atoms with E-state index in [1.54, 1.807) is 42.5 Å². The molecule has 0 radical (unpaired) electrons. The quantitative estimate of drug-likeness (QED) is 0.468. The van der Waals surface area contributed by atoms with Crippen LogP contribution in [0.5, 0.6) is 11.5 Å². The molecule has 0 heterocycles. The van der Waals surface area contributed by atoms with E-state index in [4.69, 9.17) is 9.47 Å². The zero-order valence-corrected chi connectivity index (χ0v) is 20.6. The van der Waals surface area contributed by atoms with E-state index in [2.05, 4.69) is 12.2 Å². The minimum atomic E-state index is -3.63. The molecule has 0 fully saturated rings. The van der Waals surface area contributed by atoms with E-state index in [-0.39, 0.29) is 18.4 Å². The summed E-state index contributed by atoms with van der Waals surface area (Å²) in [5.41, 5.74) is 2.77. The molecule has 0 aromatic heterocycles. The molecule has 0 aliphatic heterocycles. The number of hydrogen-bond donors (Lipinski definition) is 1. The number of benzene rings is 3. The summed E-state index contributed by atoms with van der Waals surface area (Å²) in [6.07, 6.45) is 1.14. The van der Waals surface area contributed by atoms with Crippen LogP contribution in [0.4, 0.5) is 5.69 Å². The van der Waals surface area contributed by atoms with Crippen LogP contribution in [-0.4, -0.2) is 41.3 Å². The number of nitrogens with zero attached hydrogens (tertiary/aromatic N) is 1. The van der Waals surface area contributed by atoms with Gasteiger partial charge in [0, 0.05) is 18.2 Å². The molecule has 0 spiro atoms. The number of carbonyl (C=O) groups excluding carboxylic acids is 1. The molecular weight excluding hydrogens is 452 g/mol. The fourth-order valence-electron chi connectivity index (χ4n) is 3.55. The van der Waals surface area contributed by atoms with Crippen molar-refractivity contribution >= 4 is 21.6 Å². The van der Waals surface area contributed by atoms with Gasteiger partial charge in [0.15, 0.2) is 0 Å². The Morgan fingerprint density at radius 2 is 1.65 bits per heavy atom. The highest BCUT2D eigenvalue weighted by atomic mass is 32.2. The zero-order chi connectivity index (χ0) is 24.7. The predicted octanol–water partition coefficient (Wildman–Crippen LogP) is 4.20. The fraction of sp³-hybridized carbons (Fsp3) is 0.269. The van der Waals surface area contributed by atoms with Gasteiger partial charge in [-0.15, -0.1) is 0 Å². The zero-order valence-electron chi connectivity index (χ0n) is 19.8. The number of nitrogens with one attached hydrogen (secondary N) is 1. The van der Waals surface area contributed by atoms with Crippen molar-refractivity contribution in [3.05, 3.63) is 89.5 Å². The third-order valence-corrected chi connectivity index (χ3v) is 6.66. The Balaban J connectivity index is 1.73. The molecule has 7 nitrogen and oxygen atoms in total. The van der Waals surface area contributed by atoms with Gasteiger partial charge in [-0.05, 0) is 41.3 Å². The monoisotopic (exact) mass is 482 g/mol. The lowest BCUT2D eigenvalue weighted by atomic mass is 10.0. The fourth-order valence-corrected chi connectivity index (χ4v) is 4.43. The molecular formula is C26H30N2O5S. The van der Waals surface area contributed by atoms with Crippen LogP contribution >= 0.6 is 0 Å². The van der Waals surface area contributed by atoms with E-state index >= 15 is 0 Å². The molecule has 0 saturated heterocycles. The molecule has 0 unspecified atom stereocenters. The molecule has 180 valence electrons. The summed E-state index contributed by atoms with van der Waals surface area (Å²) in [5, 5.41) is 2.96.